The predicted octanol–water partition coefficient (Wildman–Crippen LogP) is 4.28. The summed E-state index contributed by atoms with van der Waals surface area (Å²) < 4.78 is 30.2. The van der Waals surface area contributed by atoms with Crippen LogP contribution in [-0.4, -0.2) is 36.9 Å². The molecule has 2 aromatic heterocycles. The number of hydrogen-bond donors (Lipinski definition) is 2. The van der Waals surface area contributed by atoms with E-state index in [9.17, 15) is 18.7 Å². The molecular formula is C23H25F2N5O2. The van der Waals surface area contributed by atoms with E-state index in [-0.39, 0.29) is 24.0 Å². The van der Waals surface area contributed by atoms with E-state index in [4.69, 9.17) is 0 Å². The summed E-state index contributed by atoms with van der Waals surface area (Å²) in [6.45, 7) is 2.22. The Hall–Kier alpha value is -3.36. The maximum atomic E-state index is 14.4. The van der Waals surface area contributed by atoms with Crippen LogP contribution in [0.2, 0.25) is 0 Å². The predicted molar refractivity (Wildman–Crippen MR) is 115 cm³/mol. The molecule has 0 spiro atoms. The fraction of sp³-hybridized carbons (Fsp3) is 0.391. The molecule has 9 heteroatoms. The van der Waals surface area contributed by atoms with Gasteiger partial charge in [0.1, 0.15) is 11.5 Å². The molecule has 2 atom stereocenters. The standard InChI is InChI=1S/C23H25F2N5O2/c1-2-15-11-20(29-30(15)13-14-7-3-5-9-17(14)24)22-26-12-18(25)21(28-22)27-19-10-6-4-8-16(19)23(31)32/h3,5,7,9,11-12,16,19H,2,4,6,8,10,13H2,1H3,(H,31,32)(H,26,27,28). The quantitative estimate of drug-likeness (QED) is 0.568. The van der Waals surface area contributed by atoms with Crippen molar-refractivity contribution in [1.82, 2.24) is 19.7 Å². The lowest BCUT2D eigenvalue weighted by Crippen LogP contribution is -2.37. The Balaban J connectivity index is 1.61. The fourth-order valence-corrected chi connectivity index (χ4v) is 4.14. The average molecular weight is 441 g/mol. The number of halogens is 2. The zero-order valence-electron chi connectivity index (χ0n) is 17.8. The van der Waals surface area contributed by atoms with Gasteiger partial charge in [0.2, 0.25) is 0 Å². The molecule has 168 valence electrons. The number of aliphatic carboxylic acids is 1. The highest BCUT2D eigenvalue weighted by Gasteiger charge is 2.31. The third-order valence-corrected chi connectivity index (χ3v) is 5.88. The summed E-state index contributed by atoms with van der Waals surface area (Å²) in [6, 6.07) is 7.92. The Labute approximate surface area is 184 Å². The molecule has 2 N–H and O–H groups in total. The van der Waals surface area contributed by atoms with Gasteiger partial charge in [-0.05, 0) is 31.4 Å². The molecule has 1 aliphatic rings. The van der Waals surface area contributed by atoms with Crippen LogP contribution in [0.1, 0.15) is 43.9 Å². The summed E-state index contributed by atoms with van der Waals surface area (Å²) in [7, 11) is 0. The molecule has 1 saturated carbocycles. The van der Waals surface area contributed by atoms with Crippen molar-refractivity contribution in [2.75, 3.05) is 5.32 Å². The number of hydrogen-bond acceptors (Lipinski definition) is 5. The lowest BCUT2D eigenvalue weighted by molar-refractivity contribution is -0.143. The number of nitrogens with zero attached hydrogens (tertiary/aromatic N) is 4. The van der Waals surface area contributed by atoms with E-state index in [1.807, 2.05) is 6.92 Å². The summed E-state index contributed by atoms with van der Waals surface area (Å²) in [5.74, 6) is -2.25. The van der Waals surface area contributed by atoms with Crippen molar-refractivity contribution in [2.24, 2.45) is 5.92 Å². The Bertz CT molecular complexity index is 1120. The molecule has 0 amide bonds. The minimum atomic E-state index is -0.892. The molecule has 1 aliphatic carbocycles. The van der Waals surface area contributed by atoms with Crippen LogP contribution < -0.4 is 5.32 Å². The number of carboxylic acids is 1. The van der Waals surface area contributed by atoms with Crippen LogP contribution in [0.3, 0.4) is 0 Å². The highest BCUT2D eigenvalue weighted by atomic mass is 19.1. The number of aromatic nitrogens is 4. The molecule has 2 heterocycles. The van der Waals surface area contributed by atoms with E-state index in [1.54, 1.807) is 28.9 Å². The van der Waals surface area contributed by atoms with Gasteiger partial charge in [-0.25, -0.2) is 18.7 Å². The number of carbonyl (C=O) groups is 1. The summed E-state index contributed by atoms with van der Waals surface area (Å²) in [5.41, 5.74) is 1.82. The zero-order chi connectivity index (χ0) is 22.7. The lowest BCUT2D eigenvalue weighted by Gasteiger charge is -2.29. The van der Waals surface area contributed by atoms with E-state index in [1.165, 1.54) is 6.07 Å². The molecule has 4 rings (SSSR count). The topological polar surface area (TPSA) is 92.9 Å². The number of benzene rings is 1. The van der Waals surface area contributed by atoms with Crippen LogP contribution in [0.15, 0.2) is 36.5 Å². The largest absolute Gasteiger partial charge is 0.481 e. The molecule has 3 aromatic rings. The Morgan fingerprint density at radius 2 is 2.00 bits per heavy atom. The van der Waals surface area contributed by atoms with E-state index >= 15 is 0 Å². The Morgan fingerprint density at radius 3 is 2.75 bits per heavy atom. The van der Waals surface area contributed by atoms with E-state index in [0.29, 0.717) is 30.5 Å². The molecule has 7 nitrogen and oxygen atoms in total. The van der Waals surface area contributed by atoms with Gasteiger partial charge in [0.05, 0.1) is 18.7 Å². The number of anilines is 1. The van der Waals surface area contributed by atoms with Crippen LogP contribution in [0.25, 0.3) is 11.5 Å². The Kier molecular flexibility index (Phi) is 6.43. The minimum Gasteiger partial charge on any atom is -0.481 e. The first-order valence-electron chi connectivity index (χ1n) is 10.8. The SMILES string of the molecule is CCc1cc(-c2ncc(F)c(NC3CCCCC3C(=O)O)n2)nn1Cc1ccccc1F. The van der Waals surface area contributed by atoms with Crippen LogP contribution in [-0.2, 0) is 17.8 Å². The van der Waals surface area contributed by atoms with E-state index in [0.717, 1.165) is 24.7 Å². The highest BCUT2D eigenvalue weighted by Crippen LogP contribution is 2.28. The second kappa shape index (κ2) is 9.42. The number of aryl methyl sites for hydroxylation is 1. The smallest absolute Gasteiger partial charge is 0.308 e. The average Bonchev–Trinajstić information content (AvgIpc) is 3.20. The van der Waals surface area contributed by atoms with Gasteiger partial charge in [-0.1, -0.05) is 38.0 Å². The van der Waals surface area contributed by atoms with Crippen molar-refractivity contribution in [3.8, 4) is 11.5 Å². The van der Waals surface area contributed by atoms with Gasteiger partial charge in [-0.15, -0.1) is 0 Å². The summed E-state index contributed by atoms with van der Waals surface area (Å²) in [6.07, 6.45) is 4.62. The monoisotopic (exact) mass is 441 g/mol. The third-order valence-electron chi connectivity index (χ3n) is 5.88. The lowest BCUT2D eigenvalue weighted by atomic mass is 9.84. The van der Waals surface area contributed by atoms with E-state index in [2.05, 4.69) is 20.4 Å². The van der Waals surface area contributed by atoms with Crippen LogP contribution in [0.5, 0.6) is 0 Å². The number of nitrogens with one attached hydrogen (secondary N) is 1. The molecular weight excluding hydrogens is 416 g/mol. The van der Waals surface area contributed by atoms with E-state index < -0.39 is 23.7 Å². The van der Waals surface area contributed by atoms with Gasteiger partial charge >= 0.3 is 5.97 Å². The van der Waals surface area contributed by atoms with Crippen molar-refractivity contribution in [2.45, 2.75) is 51.6 Å². The van der Waals surface area contributed by atoms with Crippen molar-refractivity contribution in [3.05, 3.63) is 59.4 Å². The Morgan fingerprint density at radius 1 is 1.22 bits per heavy atom. The second-order valence-corrected chi connectivity index (χ2v) is 7.99. The van der Waals surface area contributed by atoms with Crippen molar-refractivity contribution in [1.29, 1.82) is 0 Å². The molecule has 0 saturated heterocycles. The third kappa shape index (κ3) is 4.61. The molecule has 32 heavy (non-hydrogen) atoms. The number of carboxylic acid groups (broad SMARTS) is 1. The molecule has 0 radical (unpaired) electrons. The molecule has 1 aromatic carbocycles. The van der Waals surface area contributed by atoms with Gasteiger partial charge in [-0.3, -0.25) is 9.48 Å². The first-order chi connectivity index (χ1) is 15.5. The van der Waals surface area contributed by atoms with Gasteiger partial charge in [0, 0.05) is 17.3 Å². The maximum Gasteiger partial charge on any atom is 0.308 e. The number of rotatable bonds is 7. The van der Waals surface area contributed by atoms with Crippen molar-refractivity contribution >= 4 is 11.8 Å². The zero-order valence-corrected chi connectivity index (χ0v) is 17.8. The fourth-order valence-electron chi connectivity index (χ4n) is 4.14. The van der Waals surface area contributed by atoms with Crippen LogP contribution in [0.4, 0.5) is 14.6 Å². The first-order valence-corrected chi connectivity index (χ1v) is 10.8. The second-order valence-electron chi connectivity index (χ2n) is 7.99. The molecule has 0 aliphatic heterocycles. The van der Waals surface area contributed by atoms with Crippen LogP contribution >= 0.6 is 0 Å². The minimum absolute atomic E-state index is 0.0325. The maximum absolute atomic E-state index is 14.4. The molecule has 0 bridgehead atoms. The van der Waals surface area contributed by atoms with Gasteiger partial charge in [0.15, 0.2) is 17.5 Å². The summed E-state index contributed by atoms with van der Waals surface area (Å²) in [4.78, 5) is 20.0. The van der Waals surface area contributed by atoms with Crippen molar-refractivity contribution in [3.63, 3.8) is 0 Å². The van der Waals surface area contributed by atoms with Gasteiger partial charge in [-0.2, -0.15) is 5.10 Å². The highest BCUT2D eigenvalue weighted by molar-refractivity contribution is 5.71. The summed E-state index contributed by atoms with van der Waals surface area (Å²) in [5, 5.41) is 17.0. The first kappa shape index (κ1) is 21.9. The van der Waals surface area contributed by atoms with Gasteiger partial charge in [0.25, 0.3) is 0 Å². The summed E-state index contributed by atoms with van der Waals surface area (Å²) >= 11 is 0. The normalized spacial score (nSPS) is 18.5. The molecule has 1 fully saturated rings. The van der Waals surface area contributed by atoms with Crippen molar-refractivity contribution < 1.29 is 18.7 Å². The van der Waals surface area contributed by atoms with Crippen LogP contribution in [0, 0.1) is 17.6 Å². The molecule has 2 unspecified atom stereocenters. The van der Waals surface area contributed by atoms with Gasteiger partial charge < -0.3 is 10.4 Å².